The molecule has 4 aromatic rings. The molecule has 0 bridgehead atoms. The summed E-state index contributed by atoms with van der Waals surface area (Å²) in [6.45, 7) is 3.98. The Kier molecular flexibility index (Phi) is 6.08. The van der Waals surface area contributed by atoms with E-state index in [0.717, 1.165) is 11.1 Å². The molecule has 1 N–H and O–H groups in total. The highest BCUT2D eigenvalue weighted by Crippen LogP contribution is 2.62. The molecule has 4 heterocycles. The predicted molar refractivity (Wildman–Crippen MR) is 159 cm³/mol. The predicted octanol–water partition coefficient (Wildman–Crippen LogP) is 5.63. The lowest BCUT2D eigenvalue weighted by Crippen LogP contribution is -2.49. The average Bonchev–Trinajstić information content (AvgIpc) is 3.52. The zero-order valence-corrected chi connectivity index (χ0v) is 22.6. The van der Waals surface area contributed by atoms with E-state index in [-0.39, 0.29) is 29.8 Å². The van der Waals surface area contributed by atoms with Crippen LogP contribution in [-0.4, -0.2) is 40.0 Å². The number of fused-ring (bicyclic) bond motifs is 6. The first-order valence-electron chi connectivity index (χ1n) is 13.8. The molecule has 7 heteroatoms. The minimum Gasteiger partial charge on any atom is -0.490 e. The summed E-state index contributed by atoms with van der Waals surface area (Å²) in [7, 11) is 0. The number of pyridine rings is 1. The first kappa shape index (κ1) is 25.7. The third-order valence-corrected chi connectivity index (χ3v) is 8.53. The number of rotatable bonds is 7. The van der Waals surface area contributed by atoms with Gasteiger partial charge in [-0.05, 0) is 53.1 Å². The number of carbonyl (C=O) groups excluding carboxylic acids is 3. The van der Waals surface area contributed by atoms with Gasteiger partial charge in [-0.25, -0.2) is 0 Å². The Hall–Kier alpha value is -5.30. The third kappa shape index (κ3) is 3.66. The maximum absolute atomic E-state index is 14.9. The Morgan fingerprint density at radius 1 is 0.976 bits per heavy atom. The number of aromatic nitrogens is 1. The van der Waals surface area contributed by atoms with Crippen molar-refractivity contribution in [3.05, 3.63) is 144 Å². The van der Waals surface area contributed by atoms with Crippen molar-refractivity contribution in [3.63, 3.8) is 0 Å². The van der Waals surface area contributed by atoms with E-state index < -0.39 is 23.4 Å². The summed E-state index contributed by atoms with van der Waals surface area (Å²) in [5.41, 5.74) is 2.34. The fourth-order valence-corrected chi connectivity index (χ4v) is 6.90. The normalized spacial score (nSPS) is 23.1. The Morgan fingerprint density at radius 3 is 2.62 bits per heavy atom. The lowest BCUT2D eigenvalue weighted by atomic mass is 9.62. The molecule has 1 saturated heterocycles. The van der Waals surface area contributed by atoms with Crippen LogP contribution in [0.1, 0.15) is 43.6 Å². The first-order chi connectivity index (χ1) is 20.6. The van der Waals surface area contributed by atoms with Crippen LogP contribution >= 0.6 is 0 Å². The van der Waals surface area contributed by atoms with Crippen LogP contribution in [0.4, 0.5) is 5.69 Å². The number of ketones is 2. The van der Waals surface area contributed by atoms with E-state index in [1.807, 2.05) is 65.7 Å². The number of amides is 1. The van der Waals surface area contributed by atoms with E-state index >= 15 is 0 Å². The van der Waals surface area contributed by atoms with Gasteiger partial charge in [0.05, 0.1) is 12.0 Å². The highest BCUT2D eigenvalue weighted by atomic mass is 16.5. The van der Waals surface area contributed by atoms with Crippen molar-refractivity contribution in [3.8, 4) is 5.75 Å². The van der Waals surface area contributed by atoms with Crippen molar-refractivity contribution in [2.75, 3.05) is 11.9 Å². The van der Waals surface area contributed by atoms with Gasteiger partial charge in [0, 0.05) is 23.6 Å². The van der Waals surface area contributed by atoms with Gasteiger partial charge >= 0.3 is 0 Å². The van der Waals surface area contributed by atoms with E-state index in [2.05, 4.69) is 16.9 Å². The molecule has 3 aromatic carbocycles. The van der Waals surface area contributed by atoms with Crippen LogP contribution in [0.25, 0.3) is 6.08 Å². The molecule has 3 aliphatic heterocycles. The number of carbonyl (C=O) groups is 3. The van der Waals surface area contributed by atoms with E-state index in [4.69, 9.17) is 4.74 Å². The van der Waals surface area contributed by atoms with Crippen LogP contribution in [0.5, 0.6) is 5.75 Å². The van der Waals surface area contributed by atoms with Gasteiger partial charge in [-0.2, -0.15) is 0 Å². The molecule has 0 saturated carbocycles. The molecular weight excluding hydrogens is 526 g/mol. The molecule has 206 valence electrons. The molecule has 1 aromatic heterocycles. The molecule has 3 aliphatic rings. The topological polar surface area (TPSA) is 88.6 Å². The van der Waals surface area contributed by atoms with E-state index in [9.17, 15) is 14.4 Å². The van der Waals surface area contributed by atoms with E-state index in [0.29, 0.717) is 22.6 Å². The molecule has 1 amide bonds. The number of benzene rings is 3. The van der Waals surface area contributed by atoms with Gasteiger partial charge in [-0.3, -0.25) is 19.4 Å². The van der Waals surface area contributed by atoms with Crippen molar-refractivity contribution >= 4 is 29.2 Å². The first-order valence-corrected chi connectivity index (χ1v) is 13.8. The standard InChI is InChI=1S/C35H27N3O4/c1-2-20-42-24-12-9-11-23(21-24)31(39)29-30(32(40)28-16-7-8-18-36-28)38-19-17-22-10-3-4-13-25(22)33(38)35(29)26-14-5-6-15-27(26)37-34(35)41/h2-19,21,29-30,33H,1,20H2,(H,37,41)/t29-,30+,33-,35-/m0/s1. The molecule has 4 atom stereocenters. The summed E-state index contributed by atoms with van der Waals surface area (Å²) in [5.74, 6) is -1.53. The fraction of sp³-hybridized carbons (Fsp3) is 0.143. The van der Waals surface area contributed by atoms with E-state index in [1.54, 1.807) is 54.7 Å². The van der Waals surface area contributed by atoms with Crippen LogP contribution in [0, 0.1) is 5.92 Å². The van der Waals surface area contributed by atoms with E-state index in [1.165, 1.54) is 0 Å². The van der Waals surface area contributed by atoms with Gasteiger partial charge in [-0.15, -0.1) is 0 Å². The van der Waals surface area contributed by atoms with Crippen LogP contribution in [-0.2, 0) is 10.2 Å². The zero-order chi connectivity index (χ0) is 28.8. The molecule has 42 heavy (non-hydrogen) atoms. The molecule has 0 unspecified atom stereocenters. The maximum Gasteiger partial charge on any atom is 0.238 e. The minimum atomic E-state index is -1.40. The molecule has 0 aliphatic carbocycles. The molecular formula is C35H27N3O4. The van der Waals surface area contributed by atoms with Gasteiger partial charge < -0.3 is 15.0 Å². The second-order valence-electron chi connectivity index (χ2n) is 10.7. The summed E-state index contributed by atoms with van der Waals surface area (Å²) < 4.78 is 5.74. The van der Waals surface area contributed by atoms with Crippen molar-refractivity contribution in [1.82, 2.24) is 9.88 Å². The highest BCUT2D eigenvalue weighted by molar-refractivity contribution is 6.16. The van der Waals surface area contributed by atoms with Gasteiger partial charge in [-0.1, -0.05) is 73.3 Å². The molecule has 7 rings (SSSR count). The number of hydrogen-bond acceptors (Lipinski definition) is 6. The molecule has 7 nitrogen and oxygen atoms in total. The van der Waals surface area contributed by atoms with Crippen LogP contribution in [0.15, 0.2) is 116 Å². The largest absolute Gasteiger partial charge is 0.490 e. The summed E-state index contributed by atoms with van der Waals surface area (Å²) in [4.78, 5) is 50.1. The molecule has 0 radical (unpaired) electrons. The van der Waals surface area contributed by atoms with Crippen LogP contribution in [0.3, 0.4) is 0 Å². The van der Waals surface area contributed by atoms with Crippen molar-refractivity contribution in [2.45, 2.75) is 17.5 Å². The quantitative estimate of drug-likeness (QED) is 0.236. The Balaban J connectivity index is 1.50. The lowest BCUT2D eigenvalue weighted by Gasteiger charge is -2.38. The number of Topliss-reactive ketones (excluding diaryl/α,β-unsaturated/α-hetero) is 2. The SMILES string of the molecule is C=CCOc1cccc(C(=O)[C@@H]2[C@H](C(=O)c3ccccn3)N3C=Cc4ccccc4[C@H]3[C@@]23C(=O)Nc2ccccc23)c1. The minimum absolute atomic E-state index is 0.234. The number of nitrogens with one attached hydrogen (secondary N) is 1. The summed E-state index contributed by atoms with van der Waals surface area (Å²) in [6.07, 6.45) is 6.98. The summed E-state index contributed by atoms with van der Waals surface area (Å²) in [6, 6.07) is 25.7. The molecule has 1 fully saturated rings. The smallest absolute Gasteiger partial charge is 0.238 e. The second kappa shape index (κ2) is 9.96. The fourth-order valence-electron chi connectivity index (χ4n) is 6.90. The third-order valence-electron chi connectivity index (χ3n) is 8.53. The van der Waals surface area contributed by atoms with Gasteiger partial charge in [0.1, 0.15) is 29.5 Å². The second-order valence-corrected chi connectivity index (χ2v) is 10.7. The Labute approximate surface area is 243 Å². The number of nitrogens with zero attached hydrogens (tertiary/aromatic N) is 2. The van der Waals surface area contributed by atoms with Crippen molar-refractivity contribution in [2.24, 2.45) is 5.92 Å². The summed E-state index contributed by atoms with van der Waals surface area (Å²) in [5, 5.41) is 3.06. The maximum atomic E-state index is 14.9. The number of anilines is 1. The highest BCUT2D eigenvalue weighted by Gasteiger charge is 2.70. The Morgan fingerprint density at radius 2 is 1.79 bits per heavy atom. The molecule has 1 spiro atoms. The number of para-hydroxylation sites is 1. The number of ether oxygens (including phenoxy) is 1. The van der Waals surface area contributed by atoms with Gasteiger partial charge in [0.15, 0.2) is 5.78 Å². The number of hydrogen-bond donors (Lipinski definition) is 1. The summed E-state index contributed by atoms with van der Waals surface area (Å²) >= 11 is 0. The van der Waals surface area contributed by atoms with Crippen molar-refractivity contribution < 1.29 is 19.1 Å². The van der Waals surface area contributed by atoms with Crippen molar-refractivity contribution in [1.29, 1.82) is 0 Å². The van der Waals surface area contributed by atoms with Gasteiger partial charge in [0.2, 0.25) is 11.7 Å². The average molecular weight is 554 g/mol. The van der Waals surface area contributed by atoms with Crippen LogP contribution < -0.4 is 10.1 Å². The Bertz CT molecular complexity index is 1780. The lowest BCUT2D eigenvalue weighted by molar-refractivity contribution is -0.122. The zero-order valence-electron chi connectivity index (χ0n) is 22.6. The van der Waals surface area contributed by atoms with Crippen LogP contribution in [0.2, 0.25) is 0 Å². The van der Waals surface area contributed by atoms with Gasteiger partial charge in [0.25, 0.3) is 0 Å². The monoisotopic (exact) mass is 553 g/mol.